The summed E-state index contributed by atoms with van der Waals surface area (Å²) in [6.45, 7) is 3.73. The number of hydrogen-bond acceptors (Lipinski definition) is 14. The maximum Gasteiger partial charge on any atom is 0.306 e. The van der Waals surface area contributed by atoms with E-state index in [2.05, 4.69) is 13.8 Å². The Morgan fingerprint density at radius 3 is 1.27 bits per heavy atom. The van der Waals surface area contributed by atoms with E-state index in [1.165, 1.54) is 148 Å². The van der Waals surface area contributed by atoms with Crippen molar-refractivity contribution in [2.75, 3.05) is 33.0 Å². The van der Waals surface area contributed by atoms with E-state index in [0.717, 1.165) is 44.9 Å². The third-order valence-electron chi connectivity index (χ3n) is 12.9. The van der Waals surface area contributed by atoms with E-state index in [1.807, 2.05) is 0 Å². The molecule has 0 aliphatic carbocycles. The zero-order valence-electron chi connectivity index (χ0n) is 40.3. The molecule has 2 saturated heterocycles. The Morgan fingerprint density at radius 1 is 0.453 bits per heavy atom. The lowest BCUT2D eigenvalue weighted by Crippen LogP contribution is -2.61. The van der Waals surface area contributed by atoms with Crippen molar-refractivity contribution in [3.05, 3.63) is 0 Å². The van der Waals surface area contributed by atoms with Gasteiger partial charge in [0.2, 0.25) is 0 Å². The van der Waals surface area contributed by atoms with Gasteiger partial charge in [-0.25, -0.2) is 0 Å². The molecular weight excluding hydrogens is 825 g/mol. The van der Waals surface area contributed by atoms with E-state index >= 15 is 0 Å². The van der Waals surface area contributed by atoms with Gasteiger partial charge in [-0.15, -0.1) is 0 Å². The topological polar surface area (TPSA) is 214 Å². The molecule has 2 heterocycles. The fraction of sp³-hybridized carbons (Fsp3) is 0.980. The van der Waals surface area contributed by atoms with E-state index < -0.39 is 80.7 Å². The van der Waals surface area contributed by atoms with Gasteiger partial charge >= 0.3 is 5.97 Å². The molecule has 0 saturated carbocycles. The Morgan fingerprint density at radius 2 is 0.828 bits per heavy atom. The maximum atomic E-state index is 13.0. The Labute approximate surface area is 387 Å². The molecule has 0 aromatic heterocycles. The highest BCUT2D eigenvalue weighted by Gasteiger charge is 2.47. The number of carbonyl (C=O) groups excluding carboxylic acids is 1. The number of aliphatic hydroxyl groups excluding tert-OH is 7. The molecule has 14 nitrogen and oxygen atoms in total. The highest BCUT2D eigenvalue weighted by Crippen LogP contribution is 2.26. The van der Waals surface area contributed by atoms with E-state index in [9.17, 15) is 40.5 Å². The van der Waals surface area contributed by atoms with Gasteiger partial charge in [-0.2, -0.15) is 0 Å². The van der Waals surface area contributed by atoms with Gasteiger partial charge in [0.15, 0.2) is 12.6 Å². The first-order valence-corrected chi connectivity index (χ1v) is 26.1. The van der Waals surface area contributed by atoms with Crippen molar-refractivity contribution in [2.45, 2.75) is 280 Å². The Hall–Kier alpha value is -1.01. The van der Waals surface area contributed by atoms with Crippen LogP contribution in [0.25, 0.3) is 0 Å². The minimum atomic E-state index is -1.70. The molecule has 7 N–H and O–H groups in total. The number of ether oxygens (including phenoxy) is 6. The van der Waals surface area contributed by atoms with Crippen molar-refractivity contribution in [1.82, 2.24) is 0 Å². The van der Waals surface area contributed by atoms with Gasteiger partial charge in [-0.05, 0) is 12.8 Å². The number of aliphatic hydroxyl groups is 7. The molecule has 0 bridgehead atoms. The Bertz CT molecular complexity index is 1070. The van der Waals surface area contributed by atoms with E-state index in [4.69, 9.17) is 28.4 Å². The fourth-order valence-corrected chi connectivity index (χ4v) is 8.58. The zero-order chi connectivity index (χ0) is 46.6. The van der Waals surface area contributed by atoms with Crippen molar-refractivity contribution < 1.29 is 69.0 Å². The molecular formula is C50H96O14. The normalized spacial score (nSPS) is 26.6. The van der Waals surface area contributed by atoms with Gasteiger partial charge in [0.05, 0.1) is 26.4 Å². The second-order valence-corrected chi connectivity index (χ2v) is 18.7. The van der Waals surface area contributed by atoms with Crippen LogP contribution < -0.4 is 0 Å². The molecule has 380 valence electrons. The van der Waals surface area contributed by atoms with Crippen LogP contribution in [0.3, 0.4) is 0 Å². The lowest BCUT2D eigenvalue weighted by molar-refractivity contribution is -0.332. The highest BCUT2D eigenvalue weighted by atomic mass is 16.7. The molecule has 0 aromatic rings. The molecule has 0 spiro atoms. The van der Waals surface area contributed by atoms with Gasteiger partial charge in [0.1, 0.15) is 54.9 Å². The molecule has 64 heavy (non-hydrogen) atoms. The maximum absolute atomic E-state index is 13.0. The predicted octanol–water partition coefficient (Wildman–Crippen LogP) is 7.69. The minimum Gasteiger partial charge on any atom is -0.457 e. The molecule has 2 aliphatic rings. The summed E-state index contributed by atoms with van der Waals surface area (Å²) in [6, 6.07) is 0. The Balaban J connectivity index is 1.76. The van der Waals surface area contributed by atoms with Crippen molar-refractivity contribution >= 4 is 5.97 Å². The van der Waals surface area contributed by atoms with Crippen LogP contribution in [-0.4, -0.2) is 142 Å². The van der Waals surface area contributed by atoms with Gasteiger partial charge in [-0.3, -0.25) is 4.79 Å². The first-order chi connectivity index (χ1) is 31.1. The monoisotopic (exact) mass is 921 g/mol. The summed E-state index contributed by atoms with van der Waals surface area (Å²) in [5.74, 6) is -0.370. The third-order valence-corrected chi connectivity index (χ3v) is 12.9. The molecule has 2 fully saturated rings. The molecule has 0 radical (unpaired) electrons. The molecule has 0 aromatic carbocycles. The summed E-state index contributed by atoms with van der Waals surface area (Å²) in [4.78, 5) is 13.0. The van der Waals surface area contributed by atoms with E-state index in [0.29, 0.717) is 6.61 Å². The Kier molecular flexibility index (Phi) is 35.9. The lowest BCUT2D eigenvalue weighted by Gasteiger charge is -2.42. The van der Waals surface area contributed by atoms with E-state index in [-0.39, 0.29) is 25.6 Å². The van der Waals surface area contributed by atoms with Crippen LogP contribution in [-0.2, 0) is 33.2 Å². The van der Waals surface area contributed by atoms with E-state index in [1.54, 1.807) is 0 Å². The first kappa shape index (κ1) is 59.1. The molecule has 2 rings (SSSR count). The summed E-state index contributed by atoms with van der Waals surface area (Å²) in [5.41, 5.74) is 0. The van der Waals surface area contributed by atoms with Gasteiger partial charge in [-0.1, -0.05) is 194 Å². The van der Waals surface area contributed by atoms with Crippen LogP contribution in [0.15, 0.2) is 0 Å². The zero-order valence-corrected chi connectivity index (χ0v) is 40.3. The van der Waals surface area contributed by atoms with Gasteiger partial charge < -0.3 is 64.2 Å². The lowest BCUT2D eigenvalue weighted by atomic mass is 9.98. The summed E-state index contributed by atoms with van der Waals surface area (Å²) in [5, 5.41) is 72.1. The highest BCUT2D eigenvalue weighted by molar-refractivity contribution is 5.69. The number of hydrogen-bond donors (Lipinski definition) is 7. The largest absolute Gasteiger partial charge is 0.457 e. The van der Waals surface area contributed by atoms with Crippen LogP contribution in [0.4, 0.5) is 0 Å². The van der Waals surface area contributed by atoms with Crippen LogP contribution >= 0.6 is 0 Å². The summed E-state index contributed by atoms with van der Waals surface area (Å²) >= 11 is 0. The summed E-state index contributed by atoms with van der Waals surface area (Å²) in [7, 11) is 0. The summed E-state index contributed by atoms with van der Waals surface area (Å²) in [6.07, 6.45) is 21.6. The first-order valence-electron chi connectivity index (χ1n) is 26.1. The fourth-order valence-electron chi connectivity index (χ4n) is 8.58. The van der Waals surface area contributed by atoms with Crippen molar-refractivity contribution in [3.8, 4) is 0 Å². The van der Waals surface area contributed by atoms with Crippen LogP contribution in [0.5, 0.6) is 0 Å². The minimum absolute atomic E-state index is 0.0703. The third kappa shape index (κ3) is 26.5. The molecule has 11 atom stereocenters. The number of rotatable bonds is 42. The molecule has 2 aliphatic heterocycles. The molecule has 11 unspecified atom stereocenters. The van der Waals surface area contributed by atoms with Crippen molar-refractivity contribution in [3.63, 3.8) is 0 Å². The van der Waals surface area contributed by atoms with Crippen LogP contribution in [0.2, 0.25) is 0 Å². The smallest absolute Gasteiger partial charge is 0.306 e. The standard InChI is InChI=1S/C50H96O14/c1-3-5-7-9-11-13-15-17-19-20-22-24-26-28-30-32-34-59-36-39(62-42(52)33-31-29-27-25-23-21-18-16-14-12-10-8-6-4-2)37-60-49-48(58)46(56)44(54)41(64-49)38-61-50-47(57)45(55)43(53)40(35-51)63-50/h39-41,43-51,53-58H,3-38H2,1-2H3. The van der Waals surface area contributed by atoms with Crippen molar-refractivity contribution in [1.29, 1.82) is 0 Å². The SMILES string of the molecule is CCCCCCCCCCCCCCCCCCOCC(COC1OC(COC2OC(CO)C(O)C(O)C2O)C(O)C(O)C1O)OC(=O)CCCCCCCCCCCCCCCC. The number of esters is 1. The number of unbranched alkanes of at least 4 members (excludes halogenated alkanes) is 28. The van der Waals surface area contributed by atoms with Gasteiger partial charge in [0, 0.05) is 13.0 Å². The second-order valence-electron chi connectivity index (χ2n) is 18.7. The van der Waals surface area contributed by atoms with Crippen LogP contribution in [0, 0.1) is 0 Å². The molecule has 14 heteroatoms. The quantitative estimate of drug-likeness (QED) is 0.0231. The average molecular weight is 921 g/mol. The molecule has 0 amide bonds. The average Bonchev–Trinajstić information content (AvgIpc) is 3.29. The van der Waals surface area contributed by atoms with Crippen LogP contribution in [0.1, 0.15) is 213 Å². The van der Waals surface area contributed by atoms with Crippen molar-refractivity contribution in [2.24, 2.45) is 0 Å². The van der Waals surface area contributed by atoms with Gasteiger partial charge in [0.25, 0.3) is 0 Å². The number of carbonyl (C=O) groups is 1. The summed E-state index contributed by atoms with van der Waals surface area (Å²) < 4.78 is 34.3. The predicted molar refractivity (Wildman–Crippen MR) is 248 cm³/mol. The second kappa shape index (κ2) is 38.9.